The van der Waals surface area contributed by atoms with E-state index in [-0.39, 0.29) is 11.9 Å². The van der Waals surface area contributed by atoms with E-state index < -0.39 is 10.0 Å². The van der Waals surface area contributed by atoms with E-state index in [9.17, 15) is 13.2 Å². The predicted molar refractivity (Wildman–Crippen MR) is 93.5 cm³/mol. The van der Waals surface area contributed by atoms with Gasteiger partial charge in [-0.05, 0) is 50.1 Å². The summed E-state index contributed by atoms with van der Waals surface area (Å²) in [4.78, 5) is 13.8. The quantitative estimate of drug-likeness (QED) is 0.845. The number of rotatable bonds is 6. The lowest BCUT2D eigenvalue weighted by molar-refractivity contribution is -0.117. The Morgan fingerprint density at radius 2 is 2.04 bits per heavy atom. The fourth-order valence-corrected chi connectivity index (χ4v) is 5.21. The zero-order chi connectivity index (χ0) is 17.2. The largest absolute Gasteiger partial charge is 0.315 e. The number of carbonyl (C=O) groups is 1. The predicted octanol–water partition coefficient (Wildman–Crippen LogP) is 1.58. The first kappa shape index (κ1) is 17.4. The van der Waals surface area contributed by atoms with Crippen LogP contribution in [0.2, 0.25) is 0 Å². The molecule has 2 saturated heterocycles. The molecule has 6 nitrogen and oxygen atoms in total. The van der Waals surface area contributed by atoms with Crippen LogP contribution in [0.5, 0.6) is 0 Å². The van der Waals surface area contributed by atoms with Crippen LogP contribution < -0.4 is 10.2 Å². The lowest BCUT2D eigenvalue weighted by Gasteiger charge is -2.27. The molecular weight excluding hydrogens is 326 g/mol. The van der Waals surface area contributed by atoms with Gasteiger partial charge in [-0.25, -0.2) is 8.42 Å². The molecule has 0 bridgehead atoms. The van der Waals surface area contributed by atoms with Crippen LogP contribution in [-0.4, -0.2) is 50.9 Å². The third-order valence-electron chi connectivity index (χ3n) is 4.71. The highest BCUT2D eigenvalue weighted by Gasteiger charge is 2.32. The first-order chi connectivity index (χ1) is 11.5. The highest BCUT2D eigenvalue weighted by atomic mass is 32.2. The van der Waals surface area contributed by atoms with E-state index in [1.54, 1.807) is 33.5 Å². The summed E-state index contributed by atoms with van der Waals surface area (Å²) in [5, 5.41) is 3.24. The number of nitrogens with one attached hydrogen (secondary N) is 1. The molecule has 24 heavy (non-hydrogen) atoms. The van der Waals surface area contributed by atoms with E-state index in [1.807, 2.05) is 6.92 Å². The summed E-state index contributed by atoms with van der Waals surface area (Å²) in [7, 11) is -3.51. The molecule has 1 amide bonds. The summed E-state index contributed by atoms with van der Waals surface area (Å²) < 4.78 is 27.7. The van der Waals surface area contributed by atoms with Crippen LogP contribution >= 0.6 is 0 Å². The Labute approximate surface area is 143 Å². The van der Waals surface area contributed by atoms with Gasteiger partial charge in [0.25, 0.3) is 0 Å². The summed E-state index contributed by atoms with van der Waals surface area (Å²) in [5.41, 5.74) is 0.779. The SMILES string of the molecule is CCCN(C1CCNC1)S(=O)(=O)c1ccc(N2CCCC2=O)cc1. The van der Waals surface area contributed by atoms with E-state index in [2.05, 4.69) is 5.32 Å². The first-order valence-corrected chi connectivity index (χ1v) is 10.1. The summed E-state index contributed by atoms with van der Waals surface area (Å²) in [5.74, 6) is 0.107. The Balaban J connectivity index is 1.83. The molecule has 1 atom stereocenters. The van der Waals surface area contributed by atoms with Crippen LogP contribution in [0.25, 0.3) is 0 Å². The van der Waals surface area contributed by atoms with Gasteiger partial charge in [0.05, 0.1) is 4.90 Å². The maximum absolute atomic E-state index is 13.0. The number of amides is 1. The fourth-order valence-electron chi connectivity index (χ4n) is 3.46. The number of benzene rings is 1. The van der Waals surface area contributed by atoms with Crippen LogP contribution in [0, 0.1) is 0 Å². The van der Waals surface area contributed by atoms with Crippen molar-refractivity contribution in [1.29, 1.82) is 0 Å². The second-order valence-corrected chi connectivity index (χ2v) is 8.30. The third kappa shape index (κ3) is 3.34. The number of anilines is 1. The topological polar surface area (TPSA) is 69.7 Å². The van der Waals surface area contributed by atoms with Crippen LogP contribution in [0.15, 0.2) is 29.2 Å². The molecule has 132 valence electrons. The molecule has 0 saturated carbocycles. The second kappa shape index (κ2) is 7.21. The number of sulfonamides is 1. The molecule has 0 radical (unpaired) electrons. The summed E-state index contributed by atoms with van der Waals surface area (Å²) in [6.07, 6.45) is 3.06. The summed E-state index contributed by atoms with van der Waals surface area (Å²) >= 11 is 0. The van der Waals surface area contributed by atoms with Gasteiger partial charge < -0.3 is 10.2 Å². The van der Waals surface area contributed by atoms with Gasteiger partial charge >= 0.3 is 0 Å². The lowest BCUT2D eigenvalue weighted by Crippen LogP contribution is -2.42. The normalized spacial score (nSPS) is 21.8. The van der Waals surface area contributed by atoms with Crippen LogP contribution in [-0.2, 0) is 14.8 Å². The van der Waals surface area contributed by atoms with Crippen molar-refractivity contribution >= 4 is 21.6 Å². The van der Waals surface area contributed by atoms with Crippen molar-refractivity contribution in [3.8, 4) is 0 Å². The van der Waals surface area contributed by atoms with Gasteiger partial charge in [0.15, 0.2) is 0 Å². The minimum atomic E-state index is -3.51. The molecule has 2 fully saturated rings. The van der Waals surface area contributed by atoms with Gasteiger partial charge in [-0.3, -0.25) is 4.79 Å². The minimum Gasteiger partial charge on any atom is -0.315 e. The number of carbonyl (C=O) groups excluding carboxylic acids is 1. The van der Waals surface area contributed by atoms with E-state index >= 15 is 0 Å². The van der Waals surface area contributed by atoms with Crippen molar-refractivity contribution in [1.82, 2.24) is 9.62 Å². The Morgan fingerprint density at radius 1 is 1.29 bits per heavy atom. The van der Waals surface area contributed by atoms with Crippen molar-refractivity contribution in [3.05, 3.63) is 24.3 Å². The summed E-state index contributed by atoms with van der Waals surface area (Å²) in [6, 6.07) is 6.76. The van der Waals surface area contributed by atoms with Crippen LogP contribution in [0.1, 0.15) is 32.6 Å². The second-order valence-electron chi connectivity index (χ2n) is 6.41. The molecule has 0 aliphatic carbocycles. The molecular formula is C17H25N3O3S. The highest BCUT2D eigenvalue weighted by molar-refractivity contribution is 7.89. The Kier molecular flexibility index (Phi) is 5.22. The molecule has 1 aromatic rings. The van der Waals surface area contributed by atoms with E-state index in [4.69, 9.17) is 0 Å². The maximum atomic E-state index is 13.0. The molecule has 2 heterocycles. The lowest BCUT2D eigenvalue weighted by atomic mass is 10.2. The molecule has 1 N–H and O–H groups in total. The van der Waals surface area contributed by atoms with Gasteiger partial charge in [-0.15, -0.1) is 0 Å². The standard InChI is InChI=1S/C17H25N3O3S/c1-2-11-20(15-9-10-18-13-15)24(22,23)16-7-5-14(6-8-16)19-12-3-4-17(19)21/h5-8,15,18H,2-4,9-13H2,1H3. The molecule has 7 heteroatoms. The van der Waals surface area contributed by atoms with Gasteiger partial charge in [0, 0.05) is 37.8 Å². The monoisotopic (exact) mass is 351 g/mol. The van der Waals surface area contributed by atoms with Crippen molar-refractivity contribution in [2.75, 3.05) is 31.1 Å². The van der Waals surface area contributed by atoms with Crippen molar-refractivity contribution in [3.63, 3.8) is 0 Å². The average molecular weight is 351 g/mol. The molecule has 0 aromatic heterocycles. The molecule has 1 unspecified atom stereocenters. The molecule has 0 spiro atoms. The number of hydrogen-bond acceptors (Lipinski definition) is 4. The van der Waals surface area contributed by atoms with E-state index in [0.717, 1.165) is 31.5 Å². The Bertz CT molecular complexity index is 682. The average Bonchev–Trinajstić information content (AvgIpc) is 3.24. The number of nitrogens with zero attached hydrogens (tertiary/aromatic N) is 2. The molecule has 2 aliphatic heterocycles. The Hall–Kier alpha value is -1.44. The Morgan fingerprint density at radius 3 is 2.58 bits per heavy atom. The smallest absolute Gasteiger partial charge is 0.243 e. The molecule has 3 rings (SSSR count). The first-order valence-electron chi connectivity index (χ1n) is 8.67. The van der Waals surface area contributed by atoms with Gasteiger partial charge in [-0.1, -0.05) is 6.92 Å². The van der Waals surface area contributed by atoms with Crippen molar-refractivity contribution < 1.29 is 13.2 Å². The van der Waals surface area contributed by atoms with E-state index in [0.29, 0.717) is 31.0 Å². The fraction of sp³-hybridized carbons (Fsp3) is 0.588. The van der Waals surface area contributed by atoms with Crippen LogP contribution in [0.3, 0.4) is 0 Å². The maximum Gasteiger partial charge on any atom is 0.243 e. The van der Waals surface area contributed by atoms with Crippen LogP contribution in [0.4, 0.5) is 5.69 Å². The minimum absolute atomic E-state index is 0.0230. The molecule has 1 aromatic carbocycles. The highest BCUT2D eigenvalue weighted by Crippen LogP contribution is 2.26. The van der Waals surface area contributed by atoms with Gasteiger partial charge in [0.2, 0.25) is 15.9 Å². The third-order valence-corrected chi connectivity index (χ3v) is 6.68. The van der Waals surface area contributed by atoms with Crippen molar-refractivity contribution in [2.24, 2.45) is 0 Å². The summed E-state index contributed by atoms with van der Waals surface area (Å²) in [6.45, 7) is 4.80. The zero-order valence-corrected chi connectivity index (χ0v) is 14.9. The molecule has 2 aliphatic rings. The number of hydrogen-bond donors (Lipinski definition) is 1. The van der Waals surface area contributed by atoms with E-state index in [1.165, 1.54) is 0 Å². The van der Waals surface area contributed by atoms with Gasteiger partial charge in [-0.2, -0.15) is 4.31 Å². The van der Waals surface area contributed by atoms with Gasteiger partial charge in [0.1, 0.15) is 0 Å². The zero-order valence-electron chi connectivity index (χ0n) is 14.1. The van der Waals surface area contributed by atoms with Crippen molar-refractivity contribution in [2.45, 2.75) is 43.5 Å².